The summed E-state index contributed by atoms with van der Waals surface area (Å²) in [4.78, 5) is 25.0. The molecule has 0 radical (unpaired) electrons. The smallest absolute Gasteiger partial charge is 0.308 e. The molecule has 2 heterocycles. The molecule has 1 unspecified atom stereocenters. The Bertz CT molecular complexity index is 429. The molecule has 0 spiro atoms. The van der Waals surface area contributed by atoms with Gasteiger partial charge in [0.1, 0.15) is 0 Å². The molecular weight excluding hydrogens is 250 g/mol. The summed E-state index contributed by atoms with van der Waals surface area (Å²) in [7, 11) is 0. The Morgan fingerprint density at radius 1 is 1.56 bits per heavy atom. The van der Waals surface area contributed by atoms with Crippen LogP contribution in [-0.4, -0.2) is 35.0 Å². The third-order valence-electron chi connectivity index (χ3n) is 3.50. The lowest BCUT2D eigenvalue weighted by Gasteiger charge is -2.32. The maximum Gasteiger partial charge on any atom is 0.308 e. The van der Waals surface area contributed by atoms with Gasteiger partial charge in [-0.3, -0.25) is 9.59 Å². The van der Waals surface area contributed by atoms with Crippen LogP contribution in [0.3, 0.4) is 0 Å². The summed E-state index contributed by atoms with van der Waals surface area (Å²) in [6, 6.07) is 1.95. The van der Waals surface area contributed by atoms with E-state index in [2.05, 4.69) is 0 Å². The van der Waals surface area contributed by atoms with Gasteiger partial charge in [-0.1, -0.05) is 0 Å². The Kier molecular flexibility index (Phi) is 4.01. The normalized spacial score (nSPS) is 21.6. The van der Waals surface area contributed by atoms with Crippen LogP contribution < -0.4 is 0 Å². The van der Waals surface area contributed by atoms with E-state index in [1.807, 2.05) is 23.8 Å². The lowest BCUT2D eigenvalue weighted by Crippen LogP contribution is -2.43. The predicted octanol–water partition coefficient (Wildman–Crippen LogP) is 2.17. The lowest BCUT2D eigenvalue weighted by atomic mass is 9.95. The zero-order valence-corrected chi connectivity index (χ0v) is 11.2. The van der Waals surface area contributed by atoms with Crippen LogP contribution in [0.15, 0.2) is 16.8 Å². The molecule has 0 aromatic carbocycles. The average molecular weight is 267 g/mol. The Labute approximate surface area is 110 Å². The number of thiophene rings is 1. The molecule has 1 N–H and O–H groups in total. The van der Waals surface area contributed by atoms with Gasteiger partial charge in [0.05, 0.1) is 11.8 Å². The van der Waals surface area contributed by atoms with E-state index in [1.165, 1.54) is 0 Å². The predicted molar refractivity (Wildman–Crippen MR) is 69.7 cm³/mol. The summed E-state index contributed by atoms with van der Waals surface area (Å²) < 4.78 is 0. The highest BCUT2D eigenvalue weighted by Crippen LogP contribution is 2.24. The molecule has 18 heavy (non-hydrogen) atoms. The third-order valence-corrected chi connectivity index (χ3v) is 4.20. The molecule has 2 atom stereocenters. The number of carbonyl (C=O) groups excluding carboxylic acids is 1. The number of carbonyl (C=O) groups is 2. The number of carboxylic acids is 1. The van der Waals surface area contributed by atoms with E-state index in [9.17, 15) is 9.59 Å². The lowest BCUT2D eigenvalue weighted by molar-refractivity contribution is -0.146. The fraction of sp³-hybridized carbons (Fsp3) is 0.538. The van der Waals surface area contributed by atoms with E-state index in [0.717, 1.165) is 12.0 Å². The summed E-state index contributed by atoms with van der Waals surface area (Å²) >= 11 is 1.57. The number of hydrogen-bond acceptors (Lipinski definition) is 3. The number of hydrogen-bond donors (Lipinski definition) is 1. The number of carboxylic acid groups (broad SMARTS) is 1. The molecule has 1 saturated heterocycles. The van der Waals surface area contributed by atoms with Gasteiger partial charge < -0.3 is 10.0 Å². The first-order valence-electron chi connectivity index (χ1n) is 6.13. The minimum Gasteiger partial charge on any atom is -0.481 e. The molecule has 2 rings (SSSR count). The topological polar surface area (TPSA) is 57.6 Å². The van der Waals surface area contributed by atoms with Gasteiger partial charge in [-0.25, -0.2) is 0 Å². The van der Waals surface area contributed by atoms with Crippen molar-refractivity contribution in [3.05, 3.63) is 22.4 Å². The van der Waals surface area contributed by atoms with Crippen molar-refractivity contribution in [2.75, 3.05) is 13.1 Å². The van der Waals surface area contributed by atoms with E-state index in [0.29, 0.717) is 19.5 Å². The van der Waals surface area contributed by atoms with E-state index >= 15 is 0 Å². The first-order valence-corrected chi connectivity index (χ1v) is 7.07. The molecule has 0 aliphatic carbocycles. The van der Waals surface area contributed by atoms with Gasteiger partial charge in [-0.2, -0.15) is 11.3 Å². The Hall–Kier alpha value is -1.36. The SMILES string of the molecule is CC(C(=O)N1CCC[C@H](C(=O)O)C1)c1ccsc1. The summed E-state index contributed by atoms with van der Waals surface area (Å²) in [5.74, 6) is -1.34. The second-order valence-corrected chi connectivity index (χ2v) is 5.52. The van der Waals surface area contributed by atoms with Crippen LogP contribution in [-0.2, 0) is 9.59 Å². The van der Waals surface area contributed by atoms with Gasteiger partial charge in [0, 0.05) is 13.1 Å². The summed E-state index contributed by atoms with van der Waals surface area (Å²) in [6.07, 6.45) is 1.45. The largest absolute Gasteiger partial charge is 0.481 e. The van der Waals surface area contributed by atoms with Gasteiger partial charge in [-0.05, 0) is 42.2 Å². The highest BCUT2D eigenvalue weighted by Gasteiger charge is 2.30. The maximum atomic E-state index is 12.3. The molecule has 1 aromatic heterocycles. The molecule has 1 aliphatic heterocycles. The molecular formula is C13H17NO3S. The minimum atomic E-state index is -0.796. The quantitative estimate of drug-likeness (QED) is 0.913. The Balaban J connectivity index is 2.02. The van der Waals surface area contributed by atoms with E-state index in [1.54, 1.807) is 16.2 Å². The molecule has 5 heteroatoms. The number of piperidine rings is 1. The fourth-order valence-electron chi connectivity index (χ4n) is 2.32. The molecule has 1 aromatic rings. The van der Waals surface area contributed by atoms with Crippen LogP contribution in [0.4, 0.5) is 0 Å². The van der Waals surface area contributed by atoms with Crippen LogP contribution in [0.2, 0.25) is 0 Å². The van der Waals surface area contributed by atoms with Crippen LogP contribution >= 0.6 is 11.3 Å². The van der Waals surface area contributed by atoms with Crippen molar-refractivity contribution in [3.8, 4) is 0 Å². The number of aliphatic carboxylic acids is 1. The average Bonchev–Trinajstić information content (AvgIpc) is 2.91. The first-order chi connectivity index (χ1) is 8.59. The van der Waals surface area contributed by atoms with E-state index in [4.69, 9.17) is 5.11 Å². The molecule has 0 saturated carbocycles. The van der Waals surface area contributed by atoms with E-state index < -0.39 is 11.9 Å². The van der Waals surface area contributed by atoms with Crippen molar-refractivity contribution in [2.24, 2.45) is 5.92 Å². The molecule has 1 aliphatic rings. The van der Waals surface area contributed by atoms with Crippen LogP contribution in [0.25, 0.3) is 0 Å². The van der Waals surface area contributed by atoms with Crippen molar-refractivity contribution in [3.63, 3.8) is 0 Å². The Morgan fingerprint density at radius 3 is 2.94 bits per heavy atom. The van der Waals surface area contributed by atoms with Gasteiger partial charge >= 0.3 is 5.97 Å². The van der Waals surface area contributed by atoms with Gasteiger partial charge in [-0.15, -0.1) is 0 Å². The zero-order chi connectivity index (χ0) is 13.1. The summed E-state index contributed by atoms with van der Waals surface area (Å²) in [5, 5.41) is 13.0. The van der Waals surface area contributed by atoms with Crippen molar-refractivity contribution < 1.29 is 14.7 Å². The third kappa shape index (κ3) is 2.72. The van der Waals surface area contributed by atoms with Gasteiger partial charge in [0.2, 0.25) is 5.91 Å². The van der Waals surface area contributed by atoms with Crippen molar-refractivity contribution in [2.45, 2.75) is 25.7 Å². The van der Waals surface area contributed by atoms with Crippen molar-refractivity contribution in [1.82, 2.24) is 4.90 Å². The first kappa shape index (κ1) is 13.1. The maximum absolute atomic E-state index is 12.3. The molecule has 4 nitrogen and oxygen atoms in total. The monoisotopic (exact) mass is 267 g/mol. The zero-order valence-electron chi connectivity index (χ0n) is 10.3. The second-order valence-electron chi connectivity index (χ2n) is 4.74. The number of amides is 1. The molecule has 1 fully saturated rings. The van der Waals surface area contributed by atoms with Crippen LogP contribution in [0, 0.1) is 5.92 Å². The number of nitrogens with zero attached hydrogens (tertiary/aromatic N) is 1. The highest BCUT2D eigenvalue weighted by molar-refractivity contribution is 7.08. The van der Waals surface area contributed by atoms with Crippen LogP contribution in [0.1, 0.15) is 31.2 Å². The van der Waals surface area contributed by atoms with Gasteiger partial charge in [0.25, 0.3) is 0 Å². The van der Waals surface area contributed by atoms with E-state index in [-0.39, 0.29) is 11.8 Å². The van der Waals surface area contributed by atoms with Crippen LogP contribution in [0.5, 0.6) is 0 Å². The number of likely N-dealkylation sites (tertiary alicyclic amines) is 1. The fourth-order valence-corrected chi connectivity index (χ4v) is 3.07. The summed E-state index contributed by atoms with van der Waals surface area (Å²) in [5.41, 5.74) is 1.02. The molecule has 0 bridgehead atoms. The minimum absolute atomic E-state index is 0.0411. The van der Waals surface area contributed by atoms with Gasteiger partial charge in [0.15, 0.2) is 0 Å². The number of rotatable bonds is 3. The molecule has 98 valence electrons. The highest BCUT2D eigenvalue weighted by atomic mass is 32.1. The molecule has 1 amide bonds. The standard InChI is InChI=1S/C13H17NO3S/c1-9(11-4-6-18-8-11)12(15)14-5-2-3-10(7-14)13(16)17/h4,6,8-10H,2-3,5,7H2,1H3,(H,16,17)/t9?,10-/m0/s1. The van der Waals surface area contributed by atoms with Crippen molar-refractivity contribution in [1.29, 1.82) is 0 Å². The summed E-state index contributed by atoms with van der Waals surface area (Å²) in [6.45, 7) is 2.91. The van der Waals surface area contributed by atoms with Crippen molar-refractivity contribution >= 4 is 23.2 Å². The second kappa shape index (κ2) is 5.52. The Morgan fingerprint density at radius 2 is 2.33 bits per heavy atom.